The quantitative estimate of drug-likeness (QED) is 0.816. The van der Waals surface area contributed by atoms with E-state index in [-0.39, 0.29) is 23.7 Å². The third-order valence-corrected chi connectivity index (χ3v) is 4.92. The van der Waals surface area contributed by atoms with E-state index in [0.717, 1.165) is 4.90 Å². The summed E-state index contributed by atoms with van der Waals surface area (Å²) in [5.41, 5.74) is 5.45. The number of amides is 2. The Morgan fingerprint density at radius 2 is 2.18 bits per heavy atom. The van der Waals surface area contributed by atoms with Crippen molar-refractivity contribution in [3.63, 3.8) is 0 Å². The first-order chi connectivity index (χ1) is 13.2. The SMILES string of the molecule is COc1cc2c(N3C[C@H]4NC(=O)O[C@H]4C3C(F)(F)F)nccc2cc1C(N)=O. The van der Waals surface area contributed by atoms with E-state index in [2.05, 4.69) is 10.3 Å². The van der Waals surface area contributed by atoms with Gasteiger partial charge in [0, 0.05) is 18.1 Å². The predicted octanol–water partition coefficient (Wildman–Crippen LogP) is 1.57. The maximum absolute atomic E-state index is 13.8. The Morgan fingerprint density at radius 1 is 1.43 bits per heavy atom. The number of carbonyl (C=O) groups excluding carboxylic acids is 2. The molecule has 0 radical (unpaired) electrons. The molecule has 4 rings (SSSR count). The molecule has 3 heterocycles. The first-order valence-electron chi connectivity index (χ1n) is 8.27. The number of alkyl halides is 3. The molecule has 11 heteroatoms. The Hall–Kier alpha value is -3.24. The zero-order valence-corrected chi connectivity index (χ0v) is 14.5. The van der Waals surface area contributed by atoms with Crippen LogP contribution >= 0.6 is 0 Å². The van der Waals surface area contributed by atoms with Gasteiger partial charge in [0.1, 0.15) is 11.6 Å². The highest BCUT2D eigenvalue weighted by Gasteiger charge is 2.60. The van der Waals surface area contributed by atoms with Gasteiger partial charge in [0.25, 0.3) is 5.91 Å². The fourth-order valence-corrected chi connectivity index (χ4v) is 3.77. The van der Waals surface area contributed by atoms with Crippen molar-refractivity contribution in [3.05, 3.63) is 30.0 Å². The minimum atomic E-state index is -4.66. The normalized spacial score (nSPS) is 24.1. The number of alkyl carbamates (subject to hydrolysis) is 1. The van der Waals surface area contributed by atoms with Crippen molar-refractivity contribution in [2.45, 2.75) is 24.4 Å². The van der Waals surface area contributed by atoms with E-state index in [0.29, 0.717) is 10.8 Å². The molecule has 2 aromatic rings. The molecule has 0 spiro atoms. The summed E-state index contributed by atoms with van der Waals surface area (Å²) in [5, 5.41) is 3.22. The van der Waals surface area contributed by atoms with Gasteiger partial charge in [-0.3, -0.25) is 4.79 Å². The van der Waals surface area contributed by atoms with Crippen LogP contribution in [0.25, 0.3) is 10.8 Å². The van der Waals surface area contributed by atoms with E-state index < -0.39 is 36.4 Å². The monoisotopic (exact) mass is 396 g/mol. The molecular formula is C17H15F3N4O4. The smallest absolute Gasteiger partial charge is 0.412 e. The van der Waals surface area contributed by atoms with E-state index >= 15 is 0 Å². The average Bonchev–Trinajstić information content (AvgIpc) is 3.14. The molecule has 3 atom stereocenters. The largest absolute Gasteiger partial charge is 0.496 e. The molecule has 2 saturated heterocycles. The molecule has 148 valence electrons. The number of anilines is 1. The van der Waals surface area contributed by atoms with Crippen molar-refractivity contribution in [1.29, 1.82) is 0 Å². The van der Waals surface area contributed by atoms with Crippen molar-refractivity contribution < 1.29 is 32.2 Å². The Labute approximate surface area is 156 Å². The van der Waals surface area contributed by atoms with Gasteiger partial charge < -0.3 is 25.4 Å². The van der Waals surface area contributed by atoms with Crippen LogP contribution in [-0.4, -0.2) is 55.0 Å². The Balaban J connectivity index is 1.86. The molecule has 1 aromatic carbocycles. The predicted molar refractivity (Wildman–Crippen MR) is 91.2 cm³/mol. The van der Waals surface area contributed by atoms with Crippen LogP contribution in [0, 0.1) is 0 Å². The lowest BCUT2D eigenvalue weighted by Gasteiger charge is -2.30. The van der Waals surface area contributed by atoms with Crippen LogP contribution in [-0.2, 0) is 4.74 Å². The fraction of sp³-hybridized carbons (Fsp3) is 0.353. The van der Waals surface area contributed by atoms with E-state index in [4.69, 9.17) is 15.2 Å². The highest BCUT2D eigenvalue weighted by molar-refractivity contribution is 6.03. The summed E-state index contributed by atoms with van der Waals surface area (Å²) >= 11 is 0. The summed E-state index contributed by atoms with van der Waals surface area (Å²) in [7, 11) is 1.33. The number of hydrogen-bond donors (Lipinski definition) is 2. The molecule has 0 aliphatic carbocycles. The molecule has 3 N–H and O–H groups in total. The van der Waals surface area contributed by atoms with Crippen molar-refractivity contribution in [1.82, 2.24) is 10.3 Å². The maximum atomic E-state index is 13.8. The number of halogens is 3. The third kappa shape index (κ3) is 2.74. The summed E-state index contributed by atoms with van der Waals surface area (Å²) in [6.45, 7) is -0.132. The highest BCUT2D eigenvalue weighted by Crippen LogP contribution is 2.41. The second-order valence-corrected chi connectivity index (χ2v) is 6.53. The number of nitrogens with two attached hydrogens (primary N) is 1. The standard InChI is InChI=1S/C17H15F3N4O4/c1-27-11-5-8-7(4-9(11)14(21)25)2-3-22-15(8)24-6-10-12(28-16(26)23-10)13(24)17(18,19)20/h2-5,10,12-13H,6H2,1H3,(H2,21,25)(H,23,26)/t10-,12-,13?/m1/s1. The van der Waals surface area contributed by atoms with Crippen molar-refractivity contribution >= 4 is 28.6 Å². The number of fused-ring (bicyclic) bond motifs is 2. The summed E-state index contributed by atoms with van der Waals surface area (Å²) < 4.78 is 51.4. The molecule has 2 aliphatic heterocycles. The molecule has 0 saturated carbocycles. The number of hydrogen-bond acceptors (Lipinski definition) is 6. The van der Waals surface area contributed by atoms with Gasteiger partial charge in [0.2, 0.25) is 0 Å². The lowest BCUT2D eigenvalue weighted by Crippen LogP contribution is -2.48. The van der Waals surface area contributed by atoms with Gasteiger partial charge in [0.05, 0.1) is 18.7 Å². The van der Waals surface area contributed by atoms with Crippen LogP contribution < -0.4 is 20.7 Å². The average molecular weight is 396 g/mol. The minimum Gasteiger partial charge on any atom is -0.496 e. The molecule has 8 nitrogen and oxygen atoms in total. The number of benzene rings is 1. The molecule has 2 aliphatic rings. The van der Waals surface area contributed by atoms with Gasteiger partial charge in [-0.25, -0.2) is 9.78 Å². The topological polar surface area (TPSA) is 107 Å². The van der Waals surface area contributed by atoms with Crippen LogP contribution in [0.4, 0.5) is 23.8 Å². The first-order valence-corrected chi connectivity index (χ1v) is 8.27. The van der Waals surface area contributed by atoms with Crippen LogP contribution in [0.15, 0.2) is 24.4 Å². The maximum Gasteiger partial charge on any atom is 0.412 e. The number of nitrogens with zero attached hydrogens (tertiary/aromatic N) is 2. The molecule has 0 bridgehead atoms. The highest BCUT2D eigenvalue weighted by atomic mass is 19.4. The van der Waals surface area contributed by atoms with Gasteiger partial charge in [-0.05, 0) is 23.6 Å². The number of pyridine rings is 1. The zero-order chi connectivity index (χ0) is 20.2. The Kier molecular flexibility index (Phi) is 3.98. The van der Waals surface area contributed by atoms with Gasteiger partial charge in [0.15, 0.2) is 12.1 Å². The van der Waals surface area contributed by atoms with E-state index in [1.807, 2.05) is 0 Å². The number of carbonyl (C=O) groups is 2. The number of nitrogens with one attached hydrogen (secondary N) is 1. The van der Waals surface area contributed by atoms with Crippen LogP contribution in [0.3, 0.4) is 0 Å². The van der Waals surface area contributed by atoms with E-state index in [1.54, 1.807) is 6.07 Å². The third-order valence-electron chi connectivity index (χ3n) is 4.92. The van der Waals surface area contributed by atoms with Crippen LogP contribution in [0.1, 0.15) is 10.4 Å². The van der Waals surface area contributed by atoms with Crippen LogP contribution in [0.5, 0.6) is 5.75 Å². The number of methoxy groups -OCH3 is 1. The summed E-state index contributed by atoms with van der Waals surface area (Å²) in [6, 6.07) is 1.56. The fourth-order valence-electron chi connectivity index (χ4n) is 3.77. The summed E-state index contributed by atoms with van der Waals surface area (Å²) in [4.78, 5) is 28.2. The zero-order valence-electron chi connectivity index (χ0n) is 14.5. The number of rotatable bonds is 3. The minimum absolute atomic E-state index is 0.0430. The second kappa shape index (κ2) is 6.14. The summed E-state index contributed by atoms with van der Waals surface area (Å²) in [6.07, 6.45) is -5.57. The van der Waals surface area contributed by atoms with Crippen molar-refractivity contribution in [2.24, 2.45) is 5.73 Å². The number of ether oxygens (including phenoxy) is 2. The Morgan fingerprint density at radius 3 is 2.82 bits per heavy atom. The van der Waals surface area contributed by atoms with Gasteiger partial charge in [-0.15, -0.1) is 0 Å². The molecule has 1 aromatic heterocycles. The molecule has 2 fully saturated rings. The lowest BCUT2D eigenvalue weighted by atomic mass is 10.1. The second-order valence-electron chi connectivity index (χ2n) is 6.53. The molecule has 1 unspecified atom stereocenters. The number of primary amides is 1. The first kappa shape index (κ1) is 18.1. The van der Waals surface area contributed by atoms with E-state index in [1.165, 1.54) is 25.4 Å². The van der Waals surface area contributed by atoms with Crippen molar-refractivity contribution in [3.8, 4) is 5.75 Å². The summed E-state index contributed by atoms with van der Waals surface area (Å²) in [5.74, 6) is -0.555. The van der Waals surface area contributed by atoms with Crippen LogP contribution in [0.2, 0.25) is 0 Å². The number of aromatic nitrogens is 1. The molecule has 2 amide bonds. The van der Waals surface area contributed by atoms with Gasteiger partial charge in [-0.2, -0.15) is 13.2 Å². The van der Waals surface area contributed by atoms with E-state index in [9.17, 15) is 22.8 Å². The molecular weight excluding hydrogens is 381 g/mol. The van der Waals surface area contributed by atoms with Gasteiger partial charge in [-0.1, -0.05) is 0 Å². The molecule has 28 heavy (non-hydrogen) atoms. The van der Waals surface area contributed by atoms with Gasteiger partial charge >= 0.3 is 12.3 Å². The van der Waals surface area contributed by atoms with Crippen molar-refractivity contribution in [2.75, 3.05) is 18.6 Å². The Bertz CT molecular complexity index is 981. The lowest BCUT2D eigenvalue weighted by molar-refractivity contribution is -0.161.